The number of rotatable bonds is 2. The minimum absolute atomic E-state index is 0.00131. The van der Waals surface area contributed by atoms with E-state index < -0.39 is 0 Å². The van der Waals surface area contributed by atoms with Gasteiger partial charge < -0.3 is 15.0 Å². The van der Waals surface area contributed by atoms with Gasteiger partial charge in [-0.15, -0.1) is 0 Å². The van der Waals surface area contributed by atoms with E-state index in [1.165, 1.54) is 7.11 Å². The standard InChI is InChI=1S/C14H17BrN2O3/c1-20-14(19)17-8-6-10(7-9-17)13(18)16-12-5-3-2-4-11(12)15/h2-5,10H,6-9H2,1H3,(H,16,18). The van der Waals surface area contributed by atoms with Crippen molar-refractivity contribution in [1.29, 1.82) is 0 Å². The number of likely N-dealkylation sites (tertiary alicyclic amines) is 1. The van der Waals surface area contributed by atoms with Crippen LogP contribution < -0.4 is 5.32 Å². The molecule has 0 unspecified atom stereocenters. The molecule has 1 heterocycles. The van der Waals surface area contributed by atoms with Crippen LogP contribution in [-0.4, -0.2) is 37.1 Å². The molecule has 20 heavy (non-hydrogen) atoms. The molecule has 1 fully saturated rings. The molecule has 1 aliphatic heterocycles. The Kier molecular flexibility index (Phi) is 5.00. The SMILES string of the molecule is COC(=O)N1CCC(C(=O)Nc2ccccc2Br)CC1. The summed E-state index contributed by atoms with van der Waals surface area (Å²) >= 11 is 3.40. The molecule has 2 amide bonds. The second-order valence-electron chi connectivity index (χ2n) is 4.70. The maximum atomic E-state index is 12.2. The van der Waals surface area contributed by atoms with Crippen molar-refractivity contribution in [2.24, 2.45) is 5.92 Å². The molecule has 108 valence electrons. The molecule has 0 atom stereocenters. The molecule has 1 aromatic carbocycles. The number of hydrogen-bond acceptors (Lipinski definition) is 3. The summed E-state index contributed by atoms with van der Waals surface area (Å²) in [6, 6.07) is 7.51. The molecule has 0 radical (unpaired) electrons. The van der Waals surface area contributed by atoms with Crippen LogP contribution in [0.4, 0.5) is 10.5 Å². The number of methoxy groups -OCH3 is 1. The quantitative estimate of drug-likeness (QED) is 0.900. The molecule has 0 saturated carbocycles. The predicted molar refractivity (Wildman–Crippen MR) is 79.5 cm³/mol. The van der Waals surface area contributed by atoms with Crippen LogP contribution in [0.25, 0.3) is 0 Å². The predicted octanol–water partition coefficient (Wildman–Crippen LogP) is 2.87. The van der Waals surface area contributed by atoms with Gasteiger partial charge in [-0.3, -0.25) is 4.79 Å². The summed E-state index contributed by atoms with van der Waals surface area (Å²) < 4.78 is 5.54. The lowest BCUT2D eigenvalue weighted by molar-refractivity contribution is -0.121. The second kappa shape index (κ2) is 6.74. The maximum absolute atomic E-state index is 12.2. The van der Waals surface area contributed by atoms with Gasteiger partial charge in [-0.05, 0) is 40.9 Å². The number of nitrogens with zero attached hydrogens (tertiary/aromatic N) is 1. The van der Waals surface area contributed by atoms with Crippen LogP contribution in [0, 0.1) is 5.92 Å². The third-order valence-corrected chi connectivity index (χ3v) is 4.12. The summed E-state index contributed by atoms with van der Waals surface area (Å²) in [4.78, 5) is 25.2. The number of carbonyl (C=O) groups is 2. The lowest BCUT2D eigenvalue weighted by Crippen LogP contribution is -2.41. The fraction of sp³-hybridized carbons (Fsp3) is 0.429. The minimum Gasteiger partial charge on any atom is -0.453 e. The first-order valence-electron chi connectivity index (χ1n) is 6.50. The molecule has 1 aromatic rings. The van der Waals surface area contributed by atoms with E-state index in [0.29, 0.717) is 25.9 Å². The van der Waals surface area contributed by atoms with Gasteiger partial charge in [-0.2, -0.15) is 0 Å². The van der Waals surface area contributed by atoms with Crippen molar-refractivity contribution in [2.45, 2.75) is 12.8 Å². The van der Waals surface area contributed by atoms with E-state index in [9.17, 15) is 9.59 Å². The molecule has 0 spiro atoms. The summed E-state index contributed by atoms with van der Waals surface area (Å²) in [5, 5.41) is 2.92. The Balaban J connectivity index is 1.89. The average Bonchev–Trinajstić information content (AvgIpc) is 2.49. The van der Waals surface area contributed by atoms with Gasteiger partial charge in [0.25, 0.3) is 0 Å². The Morgan fingerprint density at radius 2 is 1.95 bits per heavy atom. The summed E-state index contributed by atoms with van der Waals surface area (Å²) in [6.45, 7) is 1.11. The molecule has 2 rings (SSSR count). The van der Waals surface area contributed by atoms with Crippen molar-refractivity contribution < 1.29 is 14.3 Å². The maximum Gasteiger partial charge on any atom is 0.409 e. The van der Waals surface area contributed by atoms with Gasteiger partial charge in [0.2, 0.25) is 5.91 Å². The van der Waals surface area contributed by atoms with Crippen LogP contribution in [0.3, 0.4) is 0 Å². The van der Waals surface area contributed by atoms with Gasteiger partial charge in [0.15, 0.2) is 0 Å². The summed E-state index contributed by atoms with van der Waals surface area (Å²) in [5.74, 6) is -0.0653. The van der Waals surface area contributed by atoms with Crippen molar-refractivity contribution in [3.8, 4) is 0 Å². The molecule has 1 aliphatic rings. The fourth-order valence-electron chi connectivity index (χ4n) is 2.25. The number of benzene rings is 1. The van der Waals surface area contributed by atoms with Gasteiger partial charge >= 0.3 is 6.09 Å². The third kappa shape index (κ3) is 3.50. The molecular formula is C14H17BrN2O3. The van der Waals surface area contributed by atoms with E-state index in [2.05, 4.69) is 26.0 Å². The number of amides is 2. The molecule has 5 nitrogen and oxygen atoms in total. The number of anilines is 1. The van der Waals surface area contributed by atoms with Gasteiger partial charge in [0.1, 0.15) is 0 Å². The van der Waals surface area contributed by atoms with Crippen LogP contribution in [0.15, 0.2) is 28.7 Å². The molecule has 1 saturated heterocycles. The van der Waals surface area contributed by atoms with Crippen LogP contribution in [0.2, 0.25) is 0 Å². The highest BCUT2D eigenvalue weighted by atomic mass is 79.9. The highest BCUT2D eigenvalue weighted by Gasteiger charge is 2.27. The summed E-state index contributed by atoms with van der Waals surface area (Å²) in [7, 11) is 1.37. The zero-order valence-electron chi connectivity index (χ0n) is 11.3. The highest BCUT2D eigenvalue weighted by Crippen LogP contribution is 2.24. The fourth-order valence-corrected chi connectivity index (χ4v) is 2.63. The largest absolute Gasteiger partial charge is 0.453 e. The molecule has 1 N–H and O–H groups in total. The average molecular weight is 341 g/mol. The molecular weight excluding hydrogens is 324 g/mol. The molecule has 6 heteroatoms. The van der Waals surface area contributed by atoms with Gasteiger partial charge in [-0.1, -0.05) is 12.1 Å². The Bertz CT molecular complexity index is 499. The van der Waals surface area contributed by atoms with Gasteiger partial charge in [0, 0.05) is 23.5 Å². The van der Waals surface area contributed by atoms with E-state index in [-0.39, 0.29) is 17.9 Å². The number of nitrogens with one attached hydrogen (secondary N) is 1. The Morgan fingerprint density at radius 1 is 1.30 bits per heavy atom. The smallest absolute Gasteiger partial charge is 0.409 e. The van der Waals surface area contributed by atoms with E-state index in [0.717, 1.165) is 10.2 Å². The first kappa shape index (κ1) is 14.8. The number of ether oxygens (including phenoxy) is 1. The number of para-hydroxylation sites is 1. The van der Waals surface area contributed by atoms with E-state index >= 15 is 0 Å². The molecule has 0 aliphatic carbocycles. The minimum atomic E-state index is -0.324. The summed E-state index contributed by atoms with van der Waals surface area (Å²) in [6.07, 6.45) is 0.992. The van der Waals surface area contributed by atoms with Crippen LogP contribution in [0.1, 0.15) is 12.8 Å². The second-order valence-corrected chi connectivity index (χ2v) is 5.55. The lowest BCUT2D eigenvalue weighted by atomic mass is 9.96. The summed E-state index contributed by atoms with van der Waals surface area (Å²) in [5.41, 5.74) is 0.771. The lowest BCUT2D eigenvalue weighted by Gasteiger charge is -2.30. The zero-order valence-corrected chi connectivity index (χ0v) is 12.9. The first-order valence-corrected chi connectivity index (χ1v) is 7.29. The van der Waals surface area contributed by atoms with E-state index in [1.807, 2.05) is 24.3 Å². The normalized spacial score (nSPS) is 15.8. The Morgan fingerprint density at radius 3 is 2.55 bits per heavy atom. The van der Waals surface area contributed by atoms with Crippen LogP contribution in [-0.2, 0) is 9.53 Å². The highest BCUT2D eigenvalue weighted by molar-refractivity contribution is 9.10. The van der Waals surface area contributed by atoms with Crippen molar-refractivity contribution in [3.63, 3.8) is 0 Å². The molecule has 0 bridgehead atoms. The first-order chi connectivity index (χ1) is 9.61. The van der Waals surface area contributed by atoms with Gasteiger partial charge in [-0.25, -0.2) is 4.79 Å². The molecule has 0 aromatic heterocycles. The number of hydrogen-bond donors (Lipinski definition) is 1. The number of piperidine rings is 1. The third-order valence-electron chi connectivity index (χ3n) is 3.43. The van der Waals surface area contributed by atoms with Crippen molar-refractivity contribution in [3.05, 3.63) is 28.7 Å². The van der Waals surface area contributed by atoms with Crippen molar-refractivity contribution in [2.75, 3.05) is 25.5 Å². The number of carbonyl (C=O) groups excluding carboxylic acids is 2. The Labute approximate surface area is 126 Å². The van der Waals surface area contributed by atoms with Crippen molar-refractivity contribution in [1.82, 2.24) is 4.90 Å². The van der Waals surface area contributed by atoms with Gasteiger partial charge in [0.05, 0.1) is 12.8 Å². The Hall–Kier alpha value is -1.56. The van der Waals surface area contributed by atoms with E-state index in [4.69, 9.17) is 0 Å². The number of halogens is 1. The van der Waals surface area contributed by atoms with Crippen LogP contribution in [0.5, 0.6) is 0 Å². The van der Waals surface area contributed by atoms with Crippen LogP contribution >= 0.6 is 15.9 Å². The van der Waals surface area contributed by atoms with E-state index in [1.54, 1.807) is 4.90 Å². The zero-order chi connectivity index (χ0) is 14.5. The monoisotopic (exact) mass is 340 g/mol. The van der Waals surface area contributed by atoms with Crippen molar-refractivity contribution >= 4 is 33.6 Å². The topological polar surface area (TPSA) is 58.6 Å².